The van der Waals surface area contributed by atoms with Crippen LogP contribution in [0.4, 0.5) is 0 Å². The van der Waals surface area contributed by atoms with Crippen LogP contribution < -0.4 is 10.1 Å². The minimum Gasteiger partial charge on any atom is -0.457 e. The van der Waals surface area contributed by atoms with E-state index in [1.165, 1.54) is 11.1 Å². The predicted molar refractivity (Wildman–Crippen MR) is 105 cm³/mol. The zero-order valence-corrected chi connectivity index (χ0v) is 14.7. The topological polar surface area (TPSA) is 21.3 Å². The van der Waals surface area contributed by atoms with Crippen LogP contribution in [-0.4, -0.2) is 6.54 Å². The summed E-state index contributed by atoms with van der Waals surface area (Å²) in [5.41, 5.74) is 2.63. The summed E-state index contributed by atoms with van der Waals surface area (Å²) in [6, 6.07) is 18.1. The highest BCUT2D eigenvalue weighted by atomic mass is 16.5. The van der Waals surface area contributed by atoms with Gasteiger partial charge < -0.3 is 10.1 Å². The number of benzene rings is 2. The SMILES string of the molecule is CC1C=CC=CC(CCNCc2cccc(Oc3ccccc3)c2)=C1. The highest BCUT2D eigenvalue weighted by Gasteiger charge is 2.01. The van der Waals surface area contributed by atoms with Crippen LogP contribution in [0.25, 0.3) is 0 Å². The molecule has 2 nitrogen and oxygen atoms in total. The lowest BCUT2D eigenvalue weighted by Gasteiger charge is -2.09. The number of para-hydroxylation sites is 1. The van der Waals surface area contributed by atoms with Crippen molar-refractivity contribution < 1.29 is 4.74 Å². The molecule has 2 aromatic rings. The molecule has 128 valence electrons. The van der Waals surface area contributed by atoms with Crippen molar-refractivity contribution in [1.82, 2.24) is 5.32 Å². The molecule has 1 aliphatic carbocycles. The van der Waals surface area contributed by atoms with Gasteiger partial charge in [-0.15, -0.1) is 0 Å². The molecular weight excluding hydrogens is 306 g/mol. The molecule has 2 heteroatoms. The first-order valence-corrected chi connectivity index (χ1v) is 8.88. The number of hydrogen-bond donors (Lipinski definition) is 1. The first kappa shape index (κ1) is 17.2. The van der Waals surface area contributed by atoms with E-state index in [9.17, 15) is 0 Å². The lowest BCUT2D eigenvalue weighted by atomic mass is 10.1. The van der Waals surface area contributed by atoms with Crippen LogP contribution in [0.1, 0.15) is 18.9 Å². The lowest BCUT2D eigenvalue weighted by Crippen LogP contribution is -2.15. The van der Waals surface area contributed by atoms with E-state index in [1.807, 2.05) is 42.5 Å². The first-order chi connectivity index (χ1) is 12.3. The van der Waals surface area contributed by atoms with Gasteiger partial charge in [0.05, 0.1) is 0 Å². The summed E-state index contributed by atoms with van der Waals surface area (Å²) in [5, 5.41) is 3.52. The van der Waals surface area contributed by atoms with Gasteiger partial charge in [-0.2, -0.15) is 0 Å². The predicted octanol–water partition coefficient (Wildman–Crippen LogP) is 5.65. The van der Waals surface area contributed by atoms with E-state index >= 15 is 0 Å². The van der Waals surface area contributed by atoms with Crippen molar-refractivity contribution in [2.24, 2.45) is 5.92 Å². The monoisotopic (exact) mass is 331 g/mol. The quantitative estimate of drug-likeness (QED) is 0.662. The Morgan fingerprint density at radius 2 is 1.80 bits per heavy atom. The molecule has 0 aliphatic heterocycles. The maximum Gasteiger partial charge on any atom is 0.127 e. The molecule has 0 heterocycles. The molecule has 1 aliphatic rings. The average molecular weight is 331 g/mol. The van der Waals surface area contributed by atoms with Crippen molar-refractivity contribution in [1.29, 1.82) is 0 Å². The van der Waals surface area contributed by atoms with Gasteiger partial charge in [-0.05, 0) is 48.7 Å². The van der Waals surface area contributed by atoms with Crippen molar-refractivity contribution >= 4 is 0 Å². The molecular formula is C23H25NO. The normalized spacial score (nSPS) is 16.4. The lowest BCUT2D eigenvalue weighted by molar-refractivity contribution is 0.481. The van der Waals surface area contributed by atoms with Gasteiger partial charge in [-0.1, -0.05) is 73.2 Å². The van der Waals surface area contributed by atoms with E-state index in [2.05, 4.69) is 54.8 Å². The molecule has 0 spiro atoms. The number of rotatable bonds is 7. The summed E-state index contributed by atoms with van der Waals surface area (Å²) in [4.78, 5) is 0. The zero-order valence-electron chi connectivity index (χ0n) is 14.7. The Hall–Kier alpha value is -2.58. The third-order valence-electron chi connectivity index (χ3n) is 4.11. The Kier molecular flexibility index (Phi) is 6.24. The third-order valence-corrected chi connectivity index (χ3v) is 4.11. The van der Waals surface area contributed by atoms with Gasteiger partial charge in [0.2, 0.25) is 0 Å². The number of hydrogen-bond acceptors (Lipinski definition) is 2. The second-order valence-corrected chi connectivity index (χ2v) is 6.33. The molecule has 0 aromatic heterocycles. The largest absolute Gasteiger partial charge is 0.457 e. The molecule has 0 fully saturated rings. The van der Waals surface area contributed by atoms with Crippen molar-refractivity contribution in [3.05, 3.63) is 96.1 Å². The van der Waals surface area contributed by atoms with E-state index in [0.29, 0.717) is 5.92 Å². The van der Waals surface area contributed by atoms with Gasteiger partial charge in [0.25, 0.3) is 0 Å². The van der Waals surface area contributed by atoms with Gasteiger partial charge in [0.1, 0.15) is 11.5 Å². The maximum atomic E-state index is 5.89. The molecule has 0 saturated heterocycles. The van der Waals surface area contributed by atoms with Crippen LogP contribution in [-0.2, 0) is 6.54 Å². The second-order valence-electron chi connectivity index (χ2n) is 6.33. The Labute approximate surface area is 150 Å². The minimum atomic E-state index is 0.511. The number of nitrogens with one attached hydrogen (secondary N) is 1. The molecule has 0 bridgehead atoms. The minimum absolute atomic E-state index is 0.511. The number of ether oxygens (including phenoxy) is 1. The molecule has 0 amide bonds. The van der Waals surface area contributed by atoms with Gasteiger partial charge in [-0.25, -0.2) is 0 Å². The summed E-state index contributed by atoms with van der Waals surface area (Å²) in [5.74, 6) is 2.25. The summed E-state index contributed by atoms with van der Waals surface area (Å²) in [6.07, 6.45) is 12.0. The standard InChI is InChI=1S/C23H25NO/c1-19-8-5-6-9-20(16-19)14-15-24-18-21-10-7-13-23(17-21)25-22-11-3-2-4-12-22/h2-13,16-17,19,24H,14-15,18H2,1H3. The summed E-state index contributed by atoms with van der Waals surface area (Å²) >= 11 is 0. The molecule has 0 radical (unpaired) electrons. The van der Waals surface area contributed by atoms with Gasteiger partial charge >= 0.3 is 0 Å². The van der Waals surface area contributed by atoms with Crippen molar-refractivity contribution in [2.75, 3.05) is 6.54 Å². The van der Waals surface area contributed by atoms with Gasteiger partial charge in [0.15, 0.2) is 0 Å². The Balaban J connectivity index is 1.48. The van der Waals surface area contributed by atoms with Crippen LogP contribution in [0, 0.1) is 5.92 Å². The highest BCUT2D eigenvalue weighted by Crippen LogP contribution is 2.21. The Morgan fingerprint density at radius 1 is 0.960 bits per heavy atom. The van der Waals surface area contributed by atoms with Crippen LogP contribution >= 0.6 is 0 Å². The Bertz CT molecular complexity index is 759. The second kappa shape index (κ2) is 9.05. The fourth-order valence-electron chi connectivity index (χ4n) is 2.84. The third kappa shape index (κ3) is 5.77. The summed E-state index contributed by atoms with van der Waals surface area (Å²) in [7, 11) is 0. The van der Waals surface area contributed by atoms with Gasteiger partial charge in [0, 0.05) is 6.54 Å². The molecule has 25 heavy (non-hydrogen) atoms. The maximum absolute atomic E-state index is 5.89. The molecule has 1 N–H and O–H groups in total. The van der Waals surface area contributed by atoms with Gasteiger partial charge in [-0.3, -0.25) is 0 Å². The van der Waals surface area contributed by atoms with E-state index in [1.54, 1.807) is 0 Å². The fourth-order valence-corrected chi connectivity index (χ4v) is 2.84. The summed E-state index contributed by atoms with van der Waals surface area (Å²) in [6.45, 7) is 4.03. The highest BCUT2D eigenvalue weighted by molar-refractivity contribution is 5.34. The zero-order chi connectivity index (χ0) is 17.3. The van der Waals surface area contributed by atoms with E-state index in [-0.39, 0.29) is 0 Å². The summed E-state index contributed by atoms with van der Waals surface area (Å²) < 4.78 is 5.89. The molecule has 2 aromatic carbocycles. The average Bonchev–Trinajstić information content (AvgIpc) is 2.84. The van der Waals surface area contributed by atoms with Crippen LogP contribution in [0.5, 0.6) is 11.5 Å². The molecule has 1 unspecified atom stereocenters. The van der Waals surface area contributed by atoms with E-state index < -0.39 is 0 Å². The smallest absolute Gasteiger partial charge is 0.127 e. The van der Waals surface area contributed by atoms with Crippen molar-refractivity contribution in [3.8, 4) is 11.5 Å². The fraction of sp³-hybridized carbons (Fsp3) is 0.217. The Morgan fingerprint density at radius 3 is 2.68 bits per heavy atom. The van der Waals surface area contributed by atoms with Crippen molar-refractivity contribution in [3.63, 3.8) is 0 Å². The van der Waals surface area contributed by atoms with Crippen LogP contribution in [0.2, 0.25) is 0 Å². The molecule has 3 rings (SSSR count). The number of allylic oxidation sites excluding steroid dienone is 5. The van der Waals surface area contributed by atoms with Crippen LogP contribution in [0.3, 0.4) is 0 Å². The van der Waals surface area contributed by atoms with E-state index in [4.69, 9.17) is 4.74 Å². The first-order valence-electron chi connectivity index (χ1n) is 8.88. The van der Waals surface area contributed by atoms with Crippen LogP contribution in [0.15, 0.2) is 90.6 Å². The van der Waals surface area contributed by atoms with Crippen molar-refractivity contribution in [2.45, 2.75) is 19.9 Å². The molecule has 1 atom stereocenters. The molecule has 0 saturated carbocycles. The van der Waals surface area contributed by atoms with E-state index in [0.717, 1.165) is 31.0 Å².